The molecule has 3 N–H and O–H groups in total. The number of anilines is 1. The zero-order valence-electron chi connectivity index (χ0n) is 21.7. The molecule has 0 aliphatic carbocycles. The minimum absolute atomic E-state index is 0.101. The number of H-pyrrole nitrogens is 2. The number of carbonyl (C=O) groups is 1. The quantitative estimate of drug-likeness (QED) is 0.209. The maximum Gasteiger partial charge on any atom is 0.228 e. The maximum atomic E-state index is 13.5. The molecule has 4 aromatic heterocycles. The van der Waals surface area contributed by atoms with Gasteiger partial charge in [-0.15, -0.1) is 0 Å². The van der Waals surface area contributed by atoms with E-state index in [1.165, 1.54) is 12.1 Å². The van der Waals surface area contributed by atoms with Crippen LogP contribution in [0.15, 0.2) is 110 Å². The molecule has 41 heavy (non-hydrogen) atoms. The smallest absolute Gasteiger partial charge is 0.228 e. The molecule has 1 amide bonds. The number of carbonyl (C=O) groups excluding carboxylic acids is 1. The molecular weight excluding hydrogens is 515 g/mol. The molecule has 7 nitrogen and oxygen atoms in total. The number of fused-ring (bicyclic) bond motifs is 2. The van der Waals surface area contributed by atoms with Gasteiger partial charge in [0, 0.05) is 34.3 Å². The number of pyridine rings is 2. The first kappa shape index (κ1) is 24.4. The van der Waals surface area contributed by atoms with Gasteiger partial charge in [-0.3, -0.25) is 19.9 Å². The van der Waals surface area contributed by atoms with Gasteiger partial charge in [0.15, 0.2) is 0 Å². The van der Waals surface area contributed by atoms with Crippen molar-refractivity contribution in [2.45, 2.75) is 6.42 Å². The fourth-order valence-electron chi connectivity index (χ4n) is 5.09. The summed E-state index contributed by atoms with van der Waals surface area (Å²) in [5.74, 6) is -0.381. The van der Waals surface area contributed by atoms with Crippen molar-refractivity contribution in [3.63, 3.8) is 0 Å². The van der Waals surface area contributed by atoms with Crippen LogP contribution in [-0.4, -0.2) is 31.1 Å². The summed E-state index contributed by atoms with van der Waals surface area (Å²) in [6.07, 6.45) is 7.27. The van der Waals surface area contributed by atoms with Crippen LogP contribution in [0, 0.1) is 5.82 Å². The van der Waals surface area contributed by atoms with Gasteiger partial charge < -0.3 is 10.3 Å². The van der Waals surface area contributed by atoms with E-state index in [1.807, 2.05) is 54.6 Å². The lowest BCUT2D eigenvalue weighted by Crippen LogP contribution is -2.14. The highest BCUT2D eigenvalue weighted by Crippen LogP contribution is 2.35. The molecule has 3 aromatic carbocycles. The van der Waals surface area contributed by atoms with E-state index in [0.29, 0.717) is 5.69 Å². The van der Waals surface area contributed by atoms with Crippen molar-refractivity contribution in [1.29, 1.82) is 0 Å². The molecule has 0 aliphatic rings. The largest absolute Gasteiger partial charge is 0.352 e. The van der Waals surface area contributed by atoms with Crippen molar-refractivity contribution < 1.29 is 9.18 Å². The Morgan fingerprint density at radius 2 is 1.56 bits per heavy atom. The van der Waals surface area contributed by atoms with Crippen LogP contribution in [0.2, 0.25) is 0 Å². The number of amides is 1. The fraction of sp³-hybridized carbons (Fsp3) is 0.0303. The summed E-state index contributed by atoms with van der Waals surface area (Å²) >= 11 is 0. The highest BCUT2D eigenvalue weighted by atomic mass is 19.1. The molecule has 0 fully saturated rings. The normalized spacial score (nSPS) is 11.2. The number of hydrogen-bond donors (Lipinski definition) is 3. The van der Waals surface area contributed by atoms with Gasteiger partial charge in [-0.2, -0.15) is 5.10 Å². The second-order valence-corrected chi connectivity index (χ2v) is 9.84. The molecule has 7 rings (SSSR count). The third-order valence-electron chi connectivity index (χ3n) is 7.08. The predicted octanol–water partition coefficient (Wildman–Crippen LogP) is 7.16. The summed E-state index contributed by atoms with van der Waals surface area (Å²) in [5.41, 5.74) is 8.53. The van der Waals surface area contributed by atoms with Crippen molar-refractivity contribution in [3.05, 3.63) is 121 Å². The van der Waals surface area contributed by atoms with Crippen LogP contribution >= 0.6 is 0 Å². The Hall–Kier alpha value is -5.63. The van der Waals surface area contributed by atoms with Gasteiger partial charge in [0.1, 0.15) is 11.5 Å². The van der Waals surface area contributed by atoms with E-state index in [2.05, 4.69) is 36.5 Å². The average Bonchev–Trinajstić information content (AvgIpc) is 3.62. The van der Waals surface area contributed by atoms with E-state index in [1.54, 1.807) is 36.9 Å². The lowest BCUT2D eigenvalue weighted by molar-refractivity contribution is -0.115. The molecule has 0 atom stereocenters. The molecular formula is C33H23FN6O. The van der Waals surface area contributed by atoms with Crippen LogP contribution < -0.4 is 5.32 Å². The average molecular weight is 539 g/mol. The van der Waals surface area contributed by atoms with E-state index in [-0.39, 0.29) is 18.1 Å². The number of benzene rings is 3. The summed E-state index contributed by atoms with van der Waals surface area (Å²) in [6, 6.07) is 26.0. The van der Waals surface area contributed by atoms with Crippen LogP contribution in [0.1, 0.15) is 5.56 Å². The molecule has 4 heterocycles. The Balaban J connectivity index is 1.21. The Morgan fingerprint density at radius 3 is 2.41 bits per heavy atom. The van der Waals surface area contributed by atoms with Gasteiger partial charge in [0.2, 0.25) is 5.91 Å². The second kappa shape index (κ2) is 10.2. The van der Waals surface area contributed by atoms with E-state index in [0.717, 1.165) is 61.0 Å². The lowest BCUT2D eigenvalue weighted by atomic mass is 10.0. The molecule has 0 bridgehead atoms. The van der Waals surface area contributed by atoms with Crippen molar-refractivity contribution in [2.75, 3.05) is 5.32 Å². The predicted molar refractivity (Wildman–Crippen MR) is 159 cm³/mol. The highest BCUT2D eigenvalue weighted by molar-refractivity contribution is 6.01. The Kier molecular flexibility index (Phi) is 6.05. The van der Waals surface area contributed by atoms with Crippen molar-refractivity contribution in [2.24, 2.45) is 0 Å². The zero-order chi connectivity index (χ0) is 27.8. The van der Waals surface area contributed by atoms with Crippen LogP contribution in [-0.2, 0) is 11.2 Å². The number of rotatable bonds is 6. The van der Waals surface area contributed by atoms with Gasteiger partial charge in [0.25, 0.3) is 0 Å². The minimum Gasteiger partial charge on any atom is -0.352 e. The number of hydrogen-bond acceptors (Lipinski definition) is 4. The van der Waals surface area contributed by atoms with Crippen molar-refractivity contribution in [3.8, 4) is 33.6 Å². The molecule has 8 heteroatoms. The third kappa shape index (κ3) is 4.83. The Bertz CT molecular complexity index is 2030. The SMILES string of the molecule is O=C(Cc1ccccc1)Nc1cncc(-c2ccc3[nH]nc(-c4cc5c(-c6ccc(F)cc6)cncc5[nH]4)c3c2)c1. The standard InChI is InChI=1S/C33H23FN6O/c34-24-9-6-21(7-10-24)28-18-36-19-31-26(28)15-30(38-31)33-27-14-22(8-11-29(27)39-40-33)23-13-25(17-35-16-23)37-32(41)12-20-4-2-1-3-5-20/h1-11,13-19,38H,12H2,(H,37,41)(H,39,40). The van der Waals surface area contributed by atoms with Crippen LogP contribution in [0.5, 0.6) is 0 Å². The highest BCUT2D eigenvalue weighted by Gasteiger charge is 2.15. The molecule has 0 radical (unpaired) electrons. The summed E-state index contributed by atoms with van der Waals surface area (Å²) in [4.78, 5) is 24.8. The monoisotopic (exact) mass is 538 g/mol. The molecule has 0 aliphatic heterocycles. The number of halogens is 1. The lowest BCUT2D eigenvalue weighted by Gasteiger charge is -2.08. The zero-order valence-corrected chi connectivity index (χ0v) is 21.7. The minimum atomic E-state index is -0.280. The van der Waals surface area contributed by atoms with Crippen LogP contribution in [0.3, 0.4) is 0 Å². The van der Waals surface area contributed by atoms with Gasteiger partial charge in [-0.1, -0.05) is 48.5 Å². The van der Waals surface area contributed by atoms with E-state index in [9.17, 15) is 9.18 Å². The fourth-order valence-corrected chi connectivity index (χ4v) is 5.09. The van der Waals surface area contributed by atoms with Crippen molar-refractivity contribution >= 4 is 33.4 Å². The van der Waals surface area contributed by atoms with Gasteiger partial charge >= 0.3 is 0 Å². The number of nitrogens with one attached hydrogen (secondary N) is 3. The molecule has 7 aromatic rings. The molecule has 0 unspecified atom stereocenters. The van der Waals surface area contributed by atoms with Crippen LogP contribution in [0.25, 0.3) is 55.4 Å². The first-order valence-corrected chi connectivity index (χ1v) is 13.1. The summed E-state index contributed by atoms with van der Waals surface area (Å²) in [6.45, 7) is 0. The molecule has 0 saturated carbocycles. The third-order valence-corrected chi connectivity index (χ3v) is 7.08. The number of aromatic nitrogens is 5. The molecule has 0 saturated heterocycles. The van der Waals surface area contributed by atoms with Gasteiger partial charge in [-0.25, -0.2) is 4.39 Å². The van der Waals surface area contributed by atoms with E-state index >= 15 is 0 Å². The van der Waals surface area contributed by atoms with Gasteiger partial charge in [0.05, 0.1) is 41.2 Å². The Morgan fingerprint density at radius 1 is 0.756 bits per heavy atom. The first-order valence-electron chi connectivity index (χ1n) is 13.1. The Labute approximate surface area is 234 Å². The summed E-state index contributed by atoms with van der Waals surface area (Å²) in [7, 11) is 0. The second-order valence-electron chi connectivity index (χ2n) is 9.84. The van der Waals surface area contributed by atoms with Crippen molar-refractivity contribution in [1.82, 2.24) is 25.1 Å². The van der Waals surface area contributed by atoms with Gasteiger partial charge in [-0.05, 0) is 53.1 Å². The number of aromatic amines is 2. The van der Waals surface area contributed by atoms with E-state index < -0.39 is 0 Å². The summed E-state index contributed by atoms with van der Waals surface area (Å²) in [5, 5.41) is 12.6. The number of nitrogens with zero attached hydrogens (tertiary/aromatic N) is 3. The first-order chi connectivity index (χ1) is 20.1. The van der Waals surface area contributed by atoms with Crippen LogP contribution in [0.4, 0.5) is 10.1 Å². The topological polar surface area (TPSA) is 99.3 Å². The van der Waals surface area contributed by atoms with E-state index in [4.69, 9.17) is 0 Å². The maximum absolute atomic E-state index is 13.5. The molecule has 0 spiro atoms. The summed E-state index contributed by atoms with van der Waals surface area (Å²) < 4.78 is 13.5. The molecule has 198 valence electrons.